The second-order valence-electron chi connectivity index (χ2n) is 7.32. The van der Waals surface area contributed by atoms with E-state index in [1.807, 2.05) is 44.2 Å². The topological polar surface area (TPSA) is 96.7 Å². The highest BCUT2D eigenvalue weighted by molar-refractivity contribution is 7.98. The van der Waals surface area contributed by atoms with Crippen molar-refractivity contribution in [3.05, 3.63) is 64.8 Å². The number of nitrogens with zero attached hydrogens (tertiary/aromatic N) is 3. The lowest BCUT2D eigenvalue weighted by molar-refractivity contribution is -0.116. The van der Waals surface area contributed by atoms with Crippen LogP contribution in [0.25, 0.3) is 11.0 Å². The number of H-pyrrole nitrogens is 1. The van der Waals surface area contributed by atoms with E-state index in [1.54, 1.807) is 0 Å². The van der Waals surface area contributed by atoms with Crippen molar-refractivity contribution in [3.8, 4) is 0 Å². The number of hydrogen-bond acceptors (Lipinski definition) is 6. The van der Waals surface area contributed by atoms with Gasteiger partial charge in [-0.15, -0.1) is 0 Å². The lowest BCUT2D eigenvalue weighted by Crippen LogP contribution is -2.13. The van der Waals surface area contributed by atoms with Crippen molar-refractivity contribution in [2.45, 2.75) is 44.5 Å². The van der Waals surface area contributed by atoms with Crippen LogP contribution in [-0.2, 0) is 17.0 Å². The van der Waals surface area contributed by atoms with Crippen LogP contribution in [-0.4, -0.2) is 26.0 Å². The normalized spacial score (nSPS) is 11.2. The number of hydrogen-bond donors (Lipinski definition) is 2. The summed E-state index contributed by atoms with van der Waals surface area (Å²) in [5.41, 5.74) is 6.18. The van der Waals surface area contributed by atoms with Gasteiger partial charge in [-0.2, -0.15) is 4.98 Å². The second kappa shape index (κ2) is 8.71. The maximum absolute atomic E-state index is 12.2. The van der Waals surface area contributed by atoms with Gasteiger partial charge in [0, 0.05) is 18.5 Å². The number of aromatic amines is 1. The standard InChI is InChI=1S/C22H23N5O2S/c1-13-4-6-16(15(3)10-13)23-20(28)8-9-21-26-19(27-29-21)12-30-22-24-17-7-5-14(2)11-18(17)25-22/h4-7,10-11H,8-9,12H2,1-3H3,(H,23,28)(H,24,25). The molecule has 4 aromatic rings. The Hall–Kier alpha value is -3.13. The number of rotatable bonds is 7. The minimum Gasteiger partial charge on any atom is -0.339 e. The maximum atomic E-state index is 12.2. The van der Waals surface area contributed by atoms with Crippen molar-refractivity contribution in [2.75, 3.05) is 5.32 Å². The number of aromatic nitrogens is 4. The van der Waals surface area contributed by atoms with E-state index in [4.69, 9.17) is 4.52 Å². The molecule has 2 aromatic heterocycles. The average Bonchev–Trinajstić information content (AvgIpc) is 3.33. The summed E-state index contributed by atoms with van der Waals surface area (Å²) in [7, 11) is 0. The van der Waals surface area contributed by atoms with E-state index in [-0.39, 0.29) is 12.3 Å². The van der Waals surface area contributed by atoms with Gasteiger partial charge >= 0.3 is 0 Å². The Morgan fingerprint density at radius 1 is 1.10 bits per heavy atom. The van der Waals surface area contributed by atoms with Gasteiger partial charge in [0.2, 0.25) is 11.8 Å². The summed E-state index contributed by atoms with van der Waals surface area (Å²) < 4.78 is 5.28. The fourth-order valence-electron chi connectivity index (χ4n) is 3.14. The van der Waals surface area contributed by atoms with E-state index >= 15 is 0 Å². The van der Waals surface area contributed by atoms with E-state index < -0.39 is 0 Å². The molecule has 0 bridgehead atoms. The van der Waals surface area contributed by atoms with Crippen molar-refractivity contribution < 1.29 is 9.32 Å². The van der Waals surface area contributed by atoms with Gasteiger partial charge in [0.1, 0.15) is 0 Å². The molecular weight excluding hydrogens is 398 g/mol. The molecule has 0 unspecified atom stereocenters. The third-order valence-electron chi connectivity index (χ3n) is 4.69. The Kier molecular flexibility index (Phi) is 5.85. The molecule has 0 aliphatic rings. The molecule has 0 saturated heterocycles. The van der Waals surface area contributed by atoms with Gasteiger partial charge in [0.15, 0.2) is 11.0 Å². The van der Waals surface area contributed by atoms with Crippen LogP contribution in [0.1, 0.15) is 34.8 Å². The smallest absolute Gasteiger partial charge is 0.227 e. The van der Waals surface area contributed by atoms with Crippen LogP contribution in [0.4, 0.5) is 5.69 Å². The van der Waals surface area contributed by atoms with Gasteiger partial charge < -0.3 is 14.8 Å². The molecule has 0 atom stereocenters. The molecule has 2 aromatic carbocycles. The number of imidazole rings is 1. The first-order valence-corrected chi connectivity index (χ1v) is 10.7. The van der Waals surface area contributed by atoms with Crippen LogP contribution in [0.2, 0.25) is 0 Å². The van der Waals surface area contributed by atoms with Gasteiger partial charge in [0.05, 0.1) is 16.8 Å². The van der Waals surface area contributed by atoms with Crippen LogP contribution < -0.4 is 5.32 Å². The average molecular weight is 422 g/mol. The zero-order chi connectivity index (χ0) is 21.1. The second-order valence-corrected chi connectivity index (χ2v) is 8.29. The number of thioether (sulfide) groups is 1. The monoisotopic (exact) mass is 421 g/mol. The maximum Gasteiger partial charge on any atom is 0.227 e. The Morgan fingerprint density at radius 3 is 2.73 bits per heavy atom. The Bertz CT molecular complexity index is 1200. The number of amides is 1. The number of carbonyl (C=O) groups excluding carboxylic acids is 1. The fourth-order valence-corrected chi connectivity index (χ4v) is 3.87. The van der Waals surface area contributed by atoms with Crippen LogP contribution in [0.3, 0.4) is 0 Å². The molecule has 0 fully saturated rings. The molecule has 1 amide bonds. The molecule has 0 radical (unpaired) electrons. The van der Waals surface area contributed by atoms with Gasteiger partial charge in [-0.05, 0) is 50.1 Å². The quantitative estimate of drug-likeness (QED) is 0.419. The van der Waals surface area contributed by atoms with Gasteiger partial charge in [-0.25, -0.2) is 4.98 Å². The summed E-state index contributed by atoms with van der Waals surface area (Å²) in [5.74, 6) is 1.51. The highest BCUT2D eigenvalue weighted by Crippen LogP contribution is 2.23. The van der Waals surface area contributed by atoms with Crippen molar-refractivity contribution in [1.82, 2.24) is 20.1 Å². The number of anilines is 1. The summed E-state index contributed by atoms with van der Waals surface area (Å²) in [4.78, 5) is 24.5. The number of benzene rings is 2. The minimum atomic E-state index is -0.0753. The predicted octanol–water partition coefficient (Wildman–Crippen LogP) is 4.73. The third kappa shape index (κ3) is 4.88. The van der Waals surface area contributed by atoms with Crippen LogP contribution >= 0.6 is 11.8 Å². The Balaban J connectivity index is 1.28. The van der Waals surface area contributed by atoms with Gasteiger partial charge in [-0.1, -0.05) is 40.7 Å². The molecule has 7 nitrogen and oxygen atoms in total. The van der Waals surface area contributed by atoms with Crippen molar-refractivity contribution >= 4 is 34.4 Å². The first-order chi connectivity index (χ1) is 14.5. The summed E-state index contributed by atoms with van der Waals surface area (Å²) >= 11 is 1.52. The molecule has 0 aliphatic carbocycles. The molecule has 0 spiro atoms. The van der Waals surface area contributed by atoms with Crippen molar-refractivity contribution in [1.29, 1.82) is 0 Å². The molecule has 8 heteroatoms. The third-order valence-corrected chi connectivity index (χ3v) is 5.56. The minimum absolute atomic E-state index is 0.0753. The molecular formula is C22H23N5O2S. The van der Waals surface area contributed by atoms with Crippen molar-refractivity contribution in [3.63, 3.8) is 0 Å². The van der Waals surface area contributed by atoms with E-state index in [1.165, 1.54) is 22.9 Å². The number of aryl methyl sites for hydroxylation is 4. The summed E-state index contributed by atoms with van der Waals surface area (Å²) in [6.45, 7) is 6.06. The van der Waals surface area contributed by atoms with Crippen molar-refractivity contribution in [2.24, 2.45) is 0 Å². The SMILES string of the molecule is Cc1ccc(NC(=O)CCc2nc(CSc3nc4ccc(C)cc4[nH]3)no2)c(C)c1. The predicted molar refractivity (Wildman–Crippen MR) is 118 cm³/mol. The van der Waals surface area contributed by atoms with E-state index in [0.29, 0.717) is 23.9 Å². The molecule has 0 saturated carbocycles. The van der Waals surface area contributed by atoms with E-state index in [9.17, 15) is 4.79 Å². The number of nitrogens with one attached hydrogen (secondary N) is 2. The molecule has 0 aliphatic heterocycles. The van der Waals surface area contributed by atoms with Crippen LogP contribution in [0.15, 0.2) is 46.1 Å². The van der Waals surface area contributed by atoms with Gasteiger partial charge in [0.25, 0.3) is 0 Å². The number of carbonyl (C=O) groups is 1. The summed E-state index contributed by atoms with van der Waals surface area (Å²) in [6, 6.07) is 12.1. The molecule has 2 heterocycles. The molecule has 30 heavy (non-hydrogen) atoms. The van der Waals surface area contributed by atoms with Gasteiger partial charge in [-0.3, -0.25) is 4.79 Å². The Morgan fingerprint density at radius 2 is 1.90 bits per heavy atom. The Labute approximate surface area is 178 Å². The van der Waals surface area contributed by atoms with E-state index in [0.717, 1.165) is 27.4 Å². The number of fused-ring (bicyclic) bond motifs is 1. The summed E-state index contributed by atoms with van der Waals surface area (Å²) in [6.07, 6.45) is 0.684. The molecule has 4 rings (SSSR count). The van der Waals surface area contributed by atoms with Crippen LogP contribution in [0.5, 0.6) is 0 Å². The molecule has 2 N–H and O–H groups in total. The largest absolute Gasteiger partial charge is 0.339 e. The summed E-state index contributed by atoms with van der Waals surface area (Å²) in [5, 5.41) is 7.75. The lowest BCUT2D eigenvalue weighted by Gasteiger charge is -2.08. The van der Waals surface area contributed by atoms with E-state index in [2.05, 4.69) is 38.4 Å². The molecule has 154 valence electrons. The first kappa shape index (κ1) is 20.2. The lowest BCUT2D eigenvalue weighted by atomic mass is 10.1. The highest BCUT2D eigenvalue weighted by Gasteiger charge is 2.12. The zero-order valence-electron chi connectivity index (χ0n) is 17.2. The highest BCUT2D eigenvalue weighted by atomic mass is 32.2. The van der Waals surface area contributed by atoms with Crippen LogP contribution in [0, 0.1) is 20.8 Å². The fraction of sp³-hybridized carbons (Fsp3) is 0.273. The zero-order valence-corrected chi connectivity index (χ0v) is 18.0. The first-order valence-electron chi connectivity index (χ1n) is 9.74.